The Hall–Kier alpha value is -4.27. The molecule has 3 amide bonds. The van der Waals surface area contributed by atoms with Gasteiger partial charge in [-0.2, -0.15) is 0 Å². The quantitative estimate of drug-likeness (QED) is 0.424. The van der Waals surface area contributed by atoms with E-state index in [4.69, 9.17) is 0 Å². The number of nitrogens with zero attached hydrogens (tertiary/aromatic N) is 2. The highest BCUT2D eigenvalue weighted by molar-refractivity contribution is 6.05. The molecule has 0 aliphatic carbocycles. The molecule has 0 atom stereocenters. The summed E-state index contributed by atoms with van der Waals surface area (Å²) in [5.41, 5.74) is 2.54. The Bertz CT molecular complexity index is 1090. The van der Waals surface area contributed by atoms with Crippen molar-refractivity contribution in [2.24, 2.45) is 0 Å². The fourth-order valence-electron chi connectivity index (χ4n) is 2.74. The van der Waals surface area contributed by atoms with Gasteiger partial charge >= 0.3 is 6.03 Å². The maximum Gasteiger partial charge on any atom is 0.319 e. The number of pyridine rings is 1. The Morgan fingerprint density at radius 1 is 1.00 bits per heavy atom. The predicted octanol–water partition coefficient (Wildman–Crippen LogP) is 3.87. The summed E-state index contributed by atoms with van der Waals surface area (Å²) in [6.45, 7) is 1.92. The SMILES string of the molecule is Cc1cc(C(=O)Nc2cccc(NC(=O)NCc3ccncc3)c2)ccc1[N+](=O)[O-]. The van der Waals surface area contributed by atoms with Gasteiger partial charge in [0.25, 0.3) is 11.6 Å². The van der Waals surface area contributed by atoms with Gasteiger partial charge in [-0.25, -0.2) is 4.79 Å². The minimum absolute atomic E-state index is 0.0458. The van der Waals surface area contributed by atoms with Gasteiger partial charge in [0.1, 0.15) is 0 Å². The van der Waals surface area contributed by atoms with Gasteiger partial charge in [0.05, 0.1) is 4.92 Å². The number of carbonyl (C=O) groups excluding carboxylic acids is 2. The number of hydrogen-bond donors (Lipinski definition) is 3. The molecule has 3 rings (SSSR count). The number of rotatable bonds is 6. The lowest BCUT2D eigenvalue weighted by atomic mass is 10.1. The summed E-state index contributed by atoms with van der Waals surface area (Å²) >= 11 is 0. The fourth-order valence-corrected chi connectivity index (χ4v) is 2.74. The first-order valence-electron chi connectivity index (χ1n) is 9.02. The largest absolute Gasteiger partial charge is 0.334 e. The van der Waals surface area contributed by atoms with Crippen LogP contribution in [-0.4, -0.2) is 21.8 Å². The number of nitro groups is 1. The van der Waals surface area contributed by atoms with Crippen LogP contribution in [0.4, 0.5) is 21.9 Å². The molecule has 152 valence electrons. The number of hydrogen-bond acceptors (Lipinski definition) is 5. The first kappa shape index (κ1) is 20.5. The van der Waals surface area contributed by atoms with Crippen molar-refractivity contribution in [1.82, 2.24) is 10.3 Å². The van der Waals surface area contributed by atoms with Crippen LogP contribution in [0.1, 0.15) is 21.5 Å². The van der Waals surface area contributed by atoms with Crippen molar-refractivity contribution in [3.8, 4) is 0 Å². The van der Waals surface area contributed by atoms with Gasteiger partial charge in [-0.1, -0.05) is 6.07 Å². The van der Waals surface area contributed by atoms with Gasteiger partial charge < -0.3 is 16.0 Å². The zero-order chi connectivity index (χ0) is 21.5. The molecule has 1 heterocycles. The summed E-state index contributed by atoms with van der Waals surface area (Å²) in [5, 5.41) is 19.1. The molecular formula is C21H19N5O4. The molecule has 0 aliphatic rings. The van der Waals surface area contributed by atoms with E-state index < -0.39 is 10.8 Å². The number of aromatic nitrogens is 1. The van der Waals surface area contributed by atoms with E-state index in [1.54, 1.807) is 55.7 Å². The van der Waals surface area contributed by atoms with Gasteiger partial charge in [-0.15, -0.1) is 0 Å². The van der Waals surface area contributed by atoms with Crippen LogP contribution >= 0.6 is 0 Å². The van der Waals surface area contributed by atoms with Crippen LogP contribution in [0.15, 0.2) is 67.0 Å². The Labute approximate surface area is 172 Å². The highest BCUT2D eigenvalue weighted by atomic mass is 16.6. The van der Waals surface area contributed by atoms with Crippen LogP contribution in [0.5, 0.6) is 0 Å². The fraction of sp³-hybridized carbons (Fsp3) is 0.0952. The van der Waals surface area contributed by atoms with Crippen molar-refractivity contribution < 1.29 is 14.5 Å². The first-order chi connectivity index (χ1) is 14.4. The van der Waals surface area contributed by atoms with E-state index in [-0.39, 0.29) is 11.7 Å². The second kappa shape index (κ2) is 9.28. The molecule has 0 fully saturated rings. The summed E-state index contributed by atoms with van der Waals surface area (Å²) < 4.78 is 0. The van der Waals surface area contributed by atoms with Gasteiger partial charge in [0.15, 0.2) is 0 Å². The molecule has 3 N–H and O–H groups in total. The predicted molar refractivity (Wildman–Crippen MR) is 112 cm³/mol. The number of urea groups is 1. The van der Waals surface area contributed by atoms with E-state index in [2.05, 4.69) is 20.9 Å². The first-order valence-corrected chi connectivity index (χ1v) is 9.02. The Morgan fingerprint density at radius 3 is 2.37 bits per heavy atom. The van der Waals surface area contributed by atoms with Crippen LogP contribution < -0.4 is 16.0 Å². The third-order valence-electron chi connectivity index (χ3n) is 4.24. The van der Waals surface area contributed by atoms with E-state index in [0.29, 0.717) is 29.0 Å². The molecule has 0 aliphatic heterocycles. The molecule has 1 aromatic heterocycles. The molecular weight excluding hydrogens is 386 g/mol. The summed E-state index contributed by atoms with van der Waals surface area (Å²) in [6, 6.07) is 14.0. The molecule has 9 nitrogen and oxygen atoms in total. The van der Waals surface area contributed by atoms with Crippen LogP contribution in [0.25, 0.3) is 0 Å². The number of nitrogens with one attached hydrogen (secondary N) is 3. The van der Waals surface area contributed by atoms with E-state index in [0.717, 1.165) is 5.56 Å². The zero-order valence-corrected chi connectivity index (χ0v) is 16.1. The topological polar surface area (TPSA) is 126 Å². The second-order valence-electron chi connectivity index (χ2n) is 6.46. The number of amides is 3. The molecule has 0 unspecified atom stereocenters. The molecule has 3 aromatic rings. The van der Waals surface area contributed by atoms with Crippen LogP contribution in [0.3, 0.4) is 0 Å². The molecule has 0 saturated heterocycles. The number of carbonyl (C=O) groups is 2. The standard InChI is InChI=1S/C21H19N5O4/c1-14-11-16(5-6-19(14)26(29)30)20(27)24-17-3-2-4-18(12-17)25-21(28)23-13-15-7-9-22-10-8-15/h2-12H,13H2,1H3,(H,24,27)(H2,23,25,28). The van der Waals surface area contributed by atoms with Gasteiger partial charge in [0.2, 0.25) is 0 Å². The van der Waals surface area contributed by atoms with Crippen molar-refractivity contribution in [3.63, 3.8) is 0 Å². The molecule has 2 aromatic carbocycles. The van der Waals surface area contributed by atoms with E-state index >= 15 is 0 Å². The van der Waals surface area contributed by atoms with Crippen LogP contribution in [0, 0.1) is 17.0 Å². The van der Waals surface area contributed by atoms with Crippen LogP contribution in [0.2, 0.25) is 0 Å². The second-order valence-corrected chi connectivity index (χ2v) is 6.46. The van der Waals surface area contributed by atoms with Gasteiger partial charge in [-0.3, -0.25) is 19.9 Å². The number of nitro benzene ring substituents is 1. The number of aryl methyl sites for hydroxylation is 1. The molecule has 0 spiro atoms. The lowest BCUT2D eigenvalue weighted by Crippen LogP contribution is -2.28. The minimum Gasteiger partial charge on any atom is -0.334 e. The molecule has 0 radical (unpaired) electrons. The molecule has 0 bridgehead atoms. The normalized spacial score (nSPS) is 10.2. The molecule has 30 heavy (non-hydrogen) atoms. The average Bonchev–Trinajstić information content (AvgIpc) is 2.73. The van der Waals surface area contributed by atoms with E-state index in [9.17, 15) is 19.7 Å². The van der Waals surface area contributed by atoms with Crippen molar-refractivity contribution in [2.75, 3.05) is 10.6 Å². The summed E-state index contributed by atoms with van der Waals surface area (Å²) in [4.78, 5) is 38.9. The monoisotopic (exact) mass is 405 g/mol. The van der Waals surface area contributed by atoms with E-state index in [1.807, 2.05) is 0 Å². The maximum absolute atomic E-state index is 12.5. The zero-order valence-electron chi connectivity index (χ0n) is 16.1. The van der Waals surface area contributed by atoms with Crippen molar-refractivity contribution in [1.29, 1.82) is 0 Å². The van der Waals surface area contributed by atoms with Crippen LogP contribution in [-0.2, 0) is 6.54 Å². The van der Waals surface area contributed by atoms with Crippen molar-refractivity contribution in [2.45, 2.75) is 13.5 Å². The Balaban J connectivity index is 1.61. The lowest BCUT2D eigenvalue weighted by molar-refractivity contribution is -0.385. The maximum atomic E-state index is 12.5. The Kier molecular flexibility index (Phi) is 6.33. The molecule has 9 heteroatoms. The summed E-state index contributed by atoms with van der Waals surface area (Å²) in [5.74, 6) is -0.410. The smallest absolute Gasteiger partial charge is 0.319 e. The summed E-state index contributed by atoms with van der Waals surface area (Å²) in [7, 11) is 0. The average molecular weight is 405 g/mol. The highest BCUT2D eigenvalue weighted by Gasteiger charge is 2.14. The molecule has 0 saturated carbocycles. The van der Waals surface area contributed by atoms with Crippen molar-refractivity contribution >= 4 is 29.0 Å². The van der Waals surface area contributed by atoms with Gasteiger partial charge in [0, 0.05) is 47.5 Å². The lowest BCUT2D eigenvalue weighted by Gasteiger charge is -2.10. The highest BCUT2D eigenvalue weighted by Crippen LogP contribution is 2.20. The van der Waals surface area contributed by atoms with Gasteiger partial charge in [-0.05, 0) is 55.0 Å². The Morgan fingerprint density at radius 2 is 1.70 bits per heavy atom. The van der Waals surface area contributed by atoms with Crippen molar-refractivity contribution in [3.05, 3.63) is 93.8 Å². The summed E-state index contributed by atoms with van der Waals surface area (Å²) in [6.07, 6.45) is 3.29. The number of anilines is 2. The van der Waals surface area contributed by atoms with E-state index in [1.165, 1.54) is 18.2 Å². The third kappa shape index (κ3) is 5.38. The third-order valence-corrected chi connectivity index (χ3v) is 4.24. The number of benzene rings is 2. The minimum atomic E-state index is -0.494.